The van der Waals surface area contributed by atoms with Gasteiger partial charge in [-0.1, -0.05) is 54.6 Å². The molecule has 1 aliphatic rings. The van der Waals surface area contributed by atoms with E-state index in [1.165, 1.54) is 26.2 Å². The number of rotatable bonds is 8. The number of nitrogens with zero attached hydrogens (tertiary/aromatic N) is 2. The summed E-state index contributed by atoms with van der Waals surface area (Å²) in [7, 11) is -0.800. The minimum absolute atomic E-state index is 0.0669. The first-order valence-electron chi connectivity index (χ1n) is 10.9. The average molecular weight is 493 g/mol. The third-order valence-electron chi connectivity index (χ3n) is 5.74. The van der Waals surface area contributed by atoms with Gasteiger partial charge in [-0.25, -0.2) is 17.5 Å². The van der Waals surface area contributed by atoms with Gasteiger partial charge in [0.2, 0.25) is 10.0 Å². The minimum atomic E-state index is -3.66. The van der Waals surface area contributed by atoms with Crippen LogP contribution in [0.1, 0.15) is 31.8 Å². The highest BCUT2D eigenvalue weighted by atomic mass is 32.2. The topological polar surface area (TPSA) is 101 Å². The number of sulfonamides is 1. The lowest BCUT2D eigenvalue weighted by atomic mass is 10.0. The summed E-state index contributed by atoms with van der Waals surface area (Å²) >= 11 is 0. The summed E-state index contributed by atoms with van der Waals surface area (Å²) in [5.41, 5.74) is 1.70. The lowest BCUT2D eigenvalue weighted by Crippen LogP contribution is -2.47. The maximum atomic E-state index is 13.2. The van der Waals surface area contributed by atoms with Crippen molar-refractivity contribution in [3.05, 3.63) is 101 Å². The normalized spacial score (nSPS) is 14.2. The second-order valence-electron chi connectivity index (χ2n) is 8.27. The first-order valence-corrected chi connectivity index (χ1v) is 12.3. The minimum Gasteiger partial charge on any atom is -0.459 e. The fraction of sp³-hybridized carbons (Fsp3) is 0.192. The molecule has 3 aromatic carbocycles. The predicted molar refractivity (Wildman–Crippen MR) is 128 cm³/mol. The highest BCUT2D eigenvalue weighted by molar-refractivity contribution is 7.89. The number of carbonyl (C=O) groups excluding carboxylic acids is 3. The Morgan fingerprint density at radius 2 is 1.43 bits per heavy atom. The van der Waals surface area contributed by atoms with E-state index in [1.54, 1.807) is 60.7 Å². The molecule has 1 aliphatic heterocycles. The van der Waals surface area contributed by atoms with Gasteiger partial charge in [-0.15, -0.1) is 0 Å². The Morgan fingerprint density at radius 1 is 0.857 bits per heavy atom. The second kappa shape index (κ2) is 9.81. The average Bonchev–Trinajstić information content (AvgIpc) is 3.11. The third-order valence-corrected chi connectivity index (χ3v) is 7.55. The Balaban J connectivity index is 1.59. The lowest BCUT2D eigenvalue weighted by Gasteiger charge is -2.25. The van der Waals surface area contributed by atoms with Gasteiger partial charge in [0.1, 0.15) is 12.6 Å². The van der Waals surface area contributed by atoms with E-state index in [0.29, 0.717) is 5.56 Å². The van der Waals surface area contributed by atoms with E-state index in [9.17, 15) is 22.8 Å². The molecule has 0 spiro atoms. The van der Waals surface area contributed by atoms with Gasteiger partial charge in [-0.05, 0) is 35.4 Å². The zero-order chi connectivity index (χ0) is 25.2. The lowest BCUT2D eigenvalue weighted by molar-refractivity contribution is -0.149. The molecular weight excluding hydrogens is 468 g/mol. The van der Waals surface area contributed by atoms with Gasteiger partial charge >= 0.3 is 5.97 Å². The molecule has 0 fully saturated rings. The molecule has 1 unspecified atom stereocenters. The number of benzene rings is 3. The van der Waals surface area contributed by atoms with Crippen molar-refractivity contribution in [1.29, 1.82) is 0 Å². The van der Waals surface area contributed by atoms with E-state index < -0.39 is 33.8 Å². The molecule has 2 amide bonds. The van der Waals surface area contributed by atoms with Crippen molar-refractivity contribution in [3.8, 4) is 0 Å². The fourth-order valence-electron chi connectivity index (χ4n) is 3.87. The van der Waals surface area contributed by atoms with Crippen LogP contribution in [-0.4, -0.2) is 55.5 Å². The zero-order valence-electron chi connectivity index (χ0n) is 19.2. The summed E-state index contributed by atoms with van der Waals surface area (Å²) < 4.78 is 31.4. The van der Waals surface area contributed by atoms with Crippen molar-refractivity contribution in [3.63, 3.8) is 0 Å². The van der Waals surface area contributed by atoms with Crippen LogP contribution >= 0.6 is 0 Å². The highest BCUT2D eigenvalue weighted by Crippen LogP contribution is 2.27. The van der Waals surface area contributed by atoms with Crippen molar-refractivity contribution in [2.75, 3.05) is 14.1 Å². The van der Waals surface area contributed by atoms with Crippen LogP contribution < -0.4 is 0 Å². The number of carbonyl (C=O) groups is 3. The quantitative estimate of drug-likeness (QED) is 0.354. The molecule has 9 heteroatoms. The van der Waals surface area contributed by atoms with Crippen molar-refractivity contribution >= 4 is 27.8 Å². The number of fused-ring (bicyclic) bond motifs is 1. The van der Waals surface area contributed by atoms with E-state index in [-0.39, 0.29) is 29.1 Å². The van der Waals surface area contributed by atoms with Gasteiger partial charge in [0.15, 0.2) is 0 Å². The maximum absolute atomic E-state index is 13.2. The zero-order valence-corrected chi connectivity index (χ0v) is 20.1. The molecule has 8 nitrogen and oxygen atoms in total. The molecule has 4 rings (SSSR count). The summed E-state index contributed by atoms with van der Waals surface area (Å²) in [5.74, 6) is -1.87. The van der Waals surface area contributed by atoms with Crippen LogP contribution in [0, 0.1) is 0 Å². The molecule has 1 heterocycles. The molecule has 0 saturated carbocycles. The third kappa shape index (κ3) is 4.87. The van der Waals surface area contributed by atoms with Gasteiger partial charge in [0.05, 0.1) is 16.0 Å². The first-order chi connectivity index (χ1) is 16.7. The molecule has 0 N–H and O–H groups in total. The molecule has 35 heavy (non-hydrogen) atoms. The smallest absolute Gasteiger partial charge is 0.330 e. The highest BCUT2D eigenvalue weighted by Gasteiger charge is 2.43. The van der Waals surface area contributed by atoms with E-state index in [0.717, 1.165) is 14.8 Å². The first kappa shape index (κ1) is 24.3. The van der Waals surface area contributed by atoms with E-state index in [1.807, 2.05) is 6.07 Å². The van der Waals surface area contributed by atoms with E-state index >= 15 is 0 Å². The summed E-state index contributed by atoms with van der Waals surface area (Å²) in [4.78, 5) is 40.4. The number of ether oxygens (including phenoxy) is 1. The molecule has 0 radical (unpaired) electrons. The van der Waals surface area contributed by atoms with Gasteiger partial charge < -0.3 is 4.74 Å². The van der Waals surface area contributed by atoms with E-state index in [2.05, 4.69) is 0 Å². The maximum Gasteiger partial charge on any atom is 0.330 e. The largest absolute Gasteiger partial charge is 0.459 e. The van der Waals surface area contributed by atoms with Crippen molar-refractivity contribution in [2.45, 2.75) is 24.0 Å². The van der Waals surface area contributed by atoms with Gasteiger partial charge in [-0.3, -0.25) is 14.5 Å². The predicted octanol–water partition coefficient (Wildman–Crippen LogP) is 2.89. The Bertz CT molecular complexity index is 1350. The summed E-state index contributed by atoms with van der Waals surface area (Å²) in [6, 6.07) is 20.4. The molecule has 0 saturated heterocycles. The summed E-state index contributed by atoms with van der Waals surface area (Å²) in [6.07, 6.45) is 0.0835. The molecule has 0 aliphatic carbocycles. The molecule has 0 aromatic heterocycles. The SMILES string of the molecule is CN(C)S(=O)(=O)c1cccc(COC(=O)C(Cc2ccccc2)N2C(=O)c3ccccc3C2=O)c1. The number of esters is 1. The van der Waals surface area contributed by atoms with Crippen LogP contribution in [-0.2, 0) is 32.6 Å². The molecule has 3 aromatic rings. The summed E-state index contributed by atoms with van der Waals surface area (Å²) in [5, 5.41) is 0. The molecule has 180 valence electrons. The fourth-order valence-corrected chi connectivity index (χ4v) is 4.84. The van der Waals surface area contributed by atoms with Gasteiger partial charge in [0, 0.05) is 20.5 Å². The Hall–Kier alpha value is -3.82. The number of imide groups is 1. The Labute approximate surface area is 203 Å². The monoisotopic (exact) mass is 492 g/mol. The number of hydrogen-bond donors (Lipinski definition) is 0. The summed E-state index contributed by atoms with van der Waals surface area (Å²) in [6.45, 7) is -0.218. The van der Waals surface area contributed by atoms with Crippen LogP contribution in [0.15, 0.2) is 83.8 Å². The van der Waals surface area contributed by atoms with Crippen molar-refractivity contribution in [1.82, 2.24) is 9.21 Å². The molecule has 1 atom stereocenters. The van der Waals surface area contributed by atoms with Crippen LogP contribution in [0.5, 0.6) is 0 Å². The second-order valence-corrected chi connectivity index (χ2v) is 10.4. The van der Waals surface area contributed by atoms with Crippen molar-refractivity contribution in [2.24, 2.45) is 0 Å². The van der Waals surface area contributed by atoms with Crippen LogP contribution in [0.25, 0.3) is 0 Å². The van der Waals surface area contributed by atoms with Crippen LogP contribution in [0.3, 0.4) is 0 Å². The van der Waals surface area contributed by atoms with Crippen molar-refractivity contribution < 1.29 is 27.5 Å². The van der Waals surface area contributed by atoms with Gasteiger partial charge in [-0.2, -0.15) is 0 Å². The standard InChI is InChI=1S/C26H24N2O6S/c1-27(2)35(32,33)20-12-8-11-19(15-20)17-34-26(31)23(16-18-9-4-3-5-10-18)28-24(29)21-13-6-7-14-22(21)25(28)30/h3-15,23H,16-17H2,1-2H3. The number of amides is 2. The Morgan fingerprint density at radius 3 is 2.03 bits per heavy atom. The molecular formula is C26H24N2O6S. The van der Waals surface area contributed by atoms with Crippen LogP contribution in [0.4, 0.5) is 0 Å². The van der Waals surface area contributed by atoms with Crippen LogP contribution in [0.2, 0.25) is 0 Å². The number of hydrogen-bond acceptors (Lipinski definition) is 6. The van der Waals surface area contributed by atoms with E-state index in [4.69, 9.17) is 4.74 Å². The Kier molecular flexibility index (Phi) is 6.81. The van der Waals surface area contributed by atoms with Gasteiger partial charge in [0.25, 0.3) is 11.8 Å². The molecule has 0 bridgehead atoms.